The van der Waals surface area contributed by atoms with E-state index in [1.165, 1.54) is 22.7 Å². The third kappa shape index (κ3) is 2.67. The fourth-order valence-corrected chi connectivity index (χ4v) is 5.56. The fraction of sp³-hybridized carbons (Fsp3) is 0.167. The molecule has 3 aromatic carbocycles. The van der Waals surface area contributed by atoms with Crippen molar-refractivity contribution in [1.29, 1.82) is 0 Å². The summed E-state index contributed by atoms with van der Waals surface area (Å²) in [5, 5.41) is 0. The molecule has 0 N–H and O–H groups in total. The summed E-state index contributed by atoms with van der Waals surface area (Å²) in [6.45, 7) is 2.08. The molecular formula is C24H19FN2O2S. The summed E-state index contributed by atoms with van der Waals surface area (Å²) >= 11 is 1.30. The molecule has 5 rings (SSSR count). The monoisotopic (exact) mass is 418 g/mol. The predicted octanol–water partition coefficient (Wildman–Crippen LogP) is 4.61. The number of nitrogens with zero attached hydrogens (tertiary/aromatic N) is 2. The van der Waals surface area contributed by atoms with Gasteiger partial charge in [-0.1, -0.05) is 54.6 Å². The van der Waals surface area contributed by atoms with Gasteiger partial charge >= 0.3 is 0 Å². The first-order chi connectivity index (χ1) is 14.5. The van der Waals surface area contributed by atoms with Crippen molar-refractivity contribution in [3.63, 3.8) is 0 Å². The molecule has 0 radical (unpaired) electrons. The Labute approximate surface area is 178 Å². The maximum absolute atomic E-state index is 14.4. The largest absolute Gasteiger partial charge is 0.304 e. The van der Waals surface area contributed by atoms with E-state index in [2.05, 4.69) is 0 Å². The van der Waals surface area contributed by atoms with Gasteiger partial charge in [0.25, 0.3) is 5.91 Å². The summed E-state index contributed by atoms with van der Waals surface area (Å²) < 4.78 is 14.4. The van der Waals surface area contributed by atoms with E-state index in [1.54, 1.807) is 24.0 Å². The summed E-state index contributed by atoms with van der Waals surface area (Å²) in [5.74, 6) is -0.612. The molecular weight excluding hydrogens is 399 g/mol. The Bertz CT molecular complexity index is 1170. The van der Waals surface area contributed by atoms with Gasteiger partial charge in [-0.15, -0.1) is 11.8 Å². The van der Waals surface area contributed by atoms with Crippen molar-refractivity contribution in [2.75, 3.05) is 15.6 Å². The zero-order chi connectivity index (χ0) is 20.9. The smallest absolute Gasteiger partial charge is 0.269 e. The van der Waals surface area contributed by atoms with Gasteiger partial charge in [-0.2, -0.15) is 0 Å². The Balaban J connectivity index is 1.66. The van der Waals surface area contributed by atoms with Crippen LogP contribution >= 0.6 is 11.8 Å². The topological polar surface area (TPSA) is 40.6 Å². The molecule has 0 saturated carbocycles. The number of benzene rings is 3. The molecule has 4 nitrogen and oxygen atoms in total. The van der Waals surface area contributed by atoms with Crippen LogP contribution in [0, 0.1) is 12.7 Å². The fourth-order valence-electron chi connectivity index (χ4n) is 4.20. The number of rotatable bonds is 3. The Kier molecular flexibility index (Phi) is 4.40. The van der Waals surface area contributed by atoms with E-state index < -0.39 is 10.7 Å². The van der Waals surface area contributed by atoms with Crippen LogP contribution in [0.2, 0.25) is 0 Å². The van der Waals surface area contributed by atoms with E-state index in [9.17, 15) is 14.0 Å². The normalized spacial score (nSPS) is 20.3. The SMILES string of the molecule is Cc1ccc(N2C(=O)CS[C@@]23C(=O)N(Cc2ccccc2)c2ccccc23)cc1F. The van der Waals surface area contributed by atoms with Crippen LogP contribution in [0.3, 0.4) is 0 Å². The van der Waals surface area contributed by atoms with Crippen molar-refractivity contribution in [3.8, 4) is 0 Å². The van der Waals surface area contributed by atoms with Gasteiger partial charge in [-0.05, 0) is 36.2 Å². The number of amides is 2. The van der Waals surface area contributed by atoms with Crippen LogP contribution < -0.4 is 9.80 Å². The molecule has 0 aliphatic carbocycles. The van der Waals surface area contributed by atoms with Gasteiger partial charge in [-0.25, -0.2) is 4.39 Å². The van der Waals surface area contributed by atoms with Crippen molar-refractivity contribution < 1.29 is 14.0 Å². The summed E-state index contributed by atoms with van der Waals surface area (Å²) in [7, 11) is 0. The number of thioether (sulfide) groups is 1. The zero-order valence-electron chi connectivity index (χ0n) is 16.3. The lowest BCUT2D eigenvalue weighted by Crippen LogP contribution is -2.49. The third-order valence-electron chi connectivity index (χ3n) is 5.66. The van der Waals surface area contributed by atoms with Crippen molar-refractivity contribution in [1.82, 2.24) is 0 Å². The highest BCUT2D eigenvalue weighted by Gasteiger charge is 2.60. The van der Waals surface area contributed by atoms with Gasteiger partial charge in [0, 0.05) is 11.3 Å². The lowest BCUT2D eigenvalue weighted by molar-refractivity contribution is -0.123. The van der Waals surface area contributed by atoms with Crippen LogP contribution in [0.4, 0.5) is 15.8 Å². The van der Waals surface area contributed by atoms with Crippen LogP contribution in [-0.4, -0.2) is 17.6 Å². The number of halogens is 1. The van der Waals surface area contributed by atoms with Gasteiger partial charge in [0.05, 0.1) is 18.0 Å². The molecule has 30 heavy (non-hydrogen) atoms. The molecule has 2 heterocycles. The highest BCUT2D eigenvalue weighted by atomic mass is 32.2. The maximum Gasteiger partial charge on any atom is 0.269 e. The van der Waals surface area contributed by atoms with E-state index in [4.69, 9.17) is 0 Å². The van der Waals surface area contributed by atoms with E-state index in [1.807, 2.05) is 54.6 Å². The van der Waals surface area contributed by atoms with Gasteiger partial charge in [0.1, 0.15) is 5.82 Å². The predicted molar refractivity (Wildman–Crippen MR) is 117 cm³/mol. The second kappa shape index (κ2) is 6.99. The average Bonchev–Trinajstić information content (AvgIpc) is 3.22. The minimum atomic E-state index is -1.22. The maximum atomic E-state index is 14.4. The Hall–Kier alpha value is -3.12. The summed E-state index contributed by atoms with van der Waals surface area (Å²) in [6.07, 6.45) is 0. The molecule has 0 unspecified atom stereocenters. The number of carbonyl (C=O) groups excluding carboxylic acids is 2. The van der Waals surface area contributed by atoms with Crippen LogP contribution in [0.5, 0.6) is 0 Å². The third-order valence-corrected chi connectivity index (χ3v) is 7.05. The van der Waals surface area contributed by atoms with E-state index >= 15 is 0 Å². The summed E-state index contributed by atoms with van der Waals surface area (Å²) in [6, 6.07) is 22.0. The second-order valence-corrected chi connectivity index (χ2v) is 8.66. The van der Waals surface area contributed by atoms with Crippen molar-refractivity contribution in [2.24, 2.45) is 0 Å². The second-order valence-electron chi connectivity index (χ2n) is 7.49. The molecule has 1 saturated heterocycles. The van der Waals surface area contributed by atoms with Crippen LogP contribution in [-0.2, 0) is 21.0 Å². The molecule has 150 valence electrons. The molecule has 2 amide bonds. The number of hydrogen-bond acceptors (Lipinski definition) is 3. The Morgan fingerprint density at radius 3 is 2.50 bits per heavy atom. The molecule has 0 bridgehead atoms. The summed E-state index contributed by atoms with van der Waals surface area (Å²) in [4.78, 5) is 28.8. The van der Waals surface area contributed by atoms with E-state index in [0.29, 0.717) is 17.8 Å². The molecule has 1 fully saturated rings. The molecule has 2 aliphatic rings. The summed E-state index contributed by atoms with van der Waals surface area (Å²) in [5.41, 5.74) is 3.45. The Morgan fingerprint density at radius 2 is 1.73 bits per heavy atom. The number of anilines is 2. The van der Waals surface area contributed by atoms with E-state index in [0.717, 1.165) is 16.8 Å². The van der Waals surface area contributed by atoms with Gasteiger partial charge in [-0.3, -0.25) is 14.5 Å². The molecule has 3 aromatic rings. The van der Waals surface area contributed by atoms with Crippen LogP contribution in [0.1, 0.15) is 16.7 Å². The van der Waals surface area contributed by atoms with Crippen molar-refractivity contribution in [3.05, 3.63) is 95.3 Å². The lowest BCUT2D eigenvalue weighted by Gasteiger charge is -2.33. The first kappa shape index (κ1) is 18.9. The van der Waals surface area contributed by atoms with Gasteiger partial charge < -0.3 is 4.90 Å². The molecule has 6 heteroatoms. The first-order valence-electron chi connectivity index (χ1n) is 9.71. The molecule has 1 atom stereocenters. The molecule has 2 aliphatic heterocycles. The number of aryl methyl sites for hydroxylation is 1. The number of hydrogen-bond donors (Lipinski definition) is 0. The van der Waals surface area contributed by atoms with Gasteiger partial charge in [0.2, 0.25) is 10.8 Å². The number of carbonyl (C=O) groups is 2. The first-order valence-corrected chi connectivity index (χ1v) is 10.7. The van der Waals surface area contributed by atoms with E-state index in [-0.39, 0.29) is 17.6 Å². The average molecular weight is 418 g/mol. The van der Waals surface area contributed by atoms with Crippen molar-refractivity contribution in [2.45, 2.75) is 18.3 Å². The van der Waals surface area contributed by atoms with Crippen LogP contribution in [0.25, 0.3) is 0 Å². The highest BCUT2D eigenvalue weighted by Crippen LogP contribution is 2.56. The quantitative estimate of drug-likeness (QED) is 0.624. The van der Waals surface area contributed by atoms with Gasteiger partial charge in [0.15, 0.2) is 0 Å². The number of fused-ring (bicyclic) bond motifs is 2. The molecule has 1 spiro atoms. The van der Waals surface area contributed by atoms with Crippen LogP contribution in [0.15, 0.2) is 72.8 Å². The highest BCUT2D eigenvalue weighted by molar-refractivity contribution is 8.02. The number of para-hydroxylation sites is 1. The zero-order valence-corrected chi connectivity index (χ0v) is 17.2. The minimum absolute atomic E-state index is 0.161. The lowest BCUT2D eigenvalue weighted by atomic mass is 10.0. The van der Waals surface area contributed by atoms with Crippen molar-refractivity contribution >= 4 is 35.0 Å². The standard InChI is InChI=1S/C24H19FN2O2S/c1-16-11-12-18(13-20(16)25)27-22(28)15-30-24(27)19-9-5-6-10-21(19)26(23(24)29)14-17-7-3-2-4-8-17/h2-13H,14-15H2,1H3/t24-/m0/s1. The Morgan fingerprint density at radius 1 is 1.00 bits per heavy atom. The minimum Gasteiger partial charge on any atom is -0.304 e. The molecule has 0 aromatic heterocycles.